The Hall–Kier alpha value is -3.29. The first-order valence-electron chi connectivity index (χ1n) is 8.25. The van der Waals surface area contributed by atoms with Gasteiger partial charge in [0.1, 0.15) is 17.1 Å². The second-order valence-corrected chi connectivity index (χ2v) is 6.42. The Morgan fingerprint density at radius 3 is 2.92 bits per heavy atom. The molecule has 1 aromatic carbocycles. The normalized spacial score (nSPS) is 19.2. The number of benzene rings is 1. The molecule has 1 saturated carbocycles. The maximum atomic E-state index is 13.4. The zero-order chi connectivity index (χ0) is 17.8. The van der Waals surface area contributed by atoms with Gasteiger partial charge < -0.3 is 10.5 Å². The topological polar surface area (TPSA) is 91.2 Å². The molecule has 0 aliphatic heterocycles. The number of nitrogens with two attached hydrogens (primary N) is 1. The molecule has 0 amide bonds. The van der Waals surface area contributed by atoms with E-state index in [1.807, 2.05) is 18.2 Å². The molecule has 2 atom stereocenters. The Labute approximate surface area is 147 Å². The van der Waals surface area contributed by atoms with Crippen LogP contribution in [0.25, 0.3) is 16.6 Å². The van der Waals surface area contributed by atoms with E-state index >= 15 is 0 Å². The van der Waals surface area contributed by atoms with Crippen molar-refractivity contribution in [3.63, 3.8) is 0 Å². The van der Waals surface area contributed by atoms with E-state index < -0.39 is 0 Å². The molecule has 0 radical (unpaired) electrons. The highest BCUT2D eigenvalue weighted by Gasteiger charge is 2.43. The average Bonchev–Trinajstić information content (AvgIpc) is 3.32. The molecule has 1 aliphatic carbocycles. The summed E-state index contributed by atoms with van der Waals surface area (Å²) in [5, 5.41) is 5.36. The fraction of sp³-hybridized carbons (Fsp3) is 0.222. The van der Waals surface area contributed by atoms with E-state index in [0.29, 0.717) is 22.7 Å². The number of nitrogen functional groups attached to an aromatic ring is 1. The molecule has 0 spiro atoms. The van der Waals surface area contributed by atoms with Crippen molar-refractivity contribution >= 4 is 22.5 Å². The summed E-state index contributed by atoms with van der Waals surface area (Å²) < 4.78 is 20.3. The lowest BCUT2D eigenvalue weighted by molar-refractivity contribution is 0.419. The van der Waals surface area contributed by atoms with Gasteiger partial charge in [0, 0.05) is 17.5 Å². The van der Waals surface area contributed by atoms with Crippen molar-refractivity contribution in [2.24, 2.45) is 0 Å². The number of aromatic nitrogens is 5. The molecular weight excluding hydrogens is 335 g/mol. The Morgan fingerprint density at radius 1 is 1.23 bits per heavy atom. The van der Waals surface area contributed by atoms with Gasteiger partial charge in [-0.15, -0.1) is 5.10 Å². The molecule has 26 heavy (non-hydrogen) atoms. The summed E-state index contributed by atoms with van der Waals surface area (Å²) in [6.07, 6.45) is 3.76. The van der Waals surface area contributed by atoms with Gasteiger partial charge in [-0.1, -0.05) is 6.07 Å². The summed E-state index contributed by atoms with van der Waals surface area (Å²) in [7, 11) is 1.59. The predicted molar refractivity (Wildman–Crippen MR) is 93.5 cm³/mol. The molecule has 1 aliphatic rings. The first-order chi connectivity index (χ1) is 12.7. The van der Waals surface area contributed by atoms with Crippen LogP contribution in [-0.2, 0) is 0 Å². The Balaban J connectivity index is 1.61. The molecule has 3 heterocycles. The largest absolute Gasteiger partial charge is 0.494 e. The molecule has 3 aromatic heterocycles. The van der Waals surface area contributed by atoms with E-state index in [4.69, 9.17) is 15.5 Å². The van der Waals surface area contributed by atoms with Crippen molar-refractivity contribution in [1.29, 1.82) is 0 Å². The summed E-state index contributed by atoms with van der Waals surface area (Å²) >= 11 is 0. The quantitative estimate of drug-likeness (QED) is 0.611. The number of methoxy groups -OCH3 is 1. The maximum Gasteiger partial charge on any atom is 0.223 e. The predicted octanol–water partition coefficient (Wildman–Crippen LogP) is 2.67. The molecule has 7 nitrogen and oxygen atoms in total. The number of hydrogen-bond acceptors (Lipinski definition) is 6. The first kappa shape index (κ1) is 15.0. The smallest absolute Gasteiger partial charge is 0.223 e. The summed E-state index contributed by atoms with van der Waals surface area (Å²) in [5.41, 5.74) is 8.24. The number of nitrogens with zero attached hydrogens (tertiary/aromatic N) is 5. The van der Waals surface area contributed by atoms with Crippen LogP contribution in [0.4, 0.5) is 10.3 Å². The van der Waals surface area contributed by atoms with Crippen LogP contribution in [0.15, 0.2) is 36.7 Å². The third-order valence-corrected chi connectivity index (χ3v) is 4.80. The van der Waals surface area contributed by atoms with Crippen LogP contribution >= 0.6 is 0 Å². The lowest BCUT2D eigenvalue weighted by Crippen LogP contribution is -2.03. The van der Waals surface area contributed by atoms with Crippen molar-refractivity contribution in [1.82, 2.24) is 24.6 Å². The van der Waals surface area contributed by atoms with Crippen LogP contribution in [-0.4, -0.2) is 31.7 Å². The second-order valence-electron chi connectivity index (χ2n) is 6.42. The van der Waals surface area contributed by atoms with Crippen LogP contribution in [0.3, 0.4) is 0 Å². The Morgan fingerprint density at radius 2 is 2.12 bits per heavy atom. The highest BCUT2D eigenvalue weighted by atomic mass is 19.1. The van der Waals surface area contributed by atoms with Crippen molar-refractivity contribution in [2.45, 2.75) is 18.3 Å². The lowest BCUT2D eigenvalue weighted by Gasteiger charge is -2.06. The number of para-hydroxylation sites is 1. The van der Waals surface area contributed by atoms with Gasteiger partial charge in [0.05, 0.1) is 13.3 Å². The summed E-state index contributed by atoms with van der Waals surface area (Å²) in [6, 6.07) is 7.14. The number of rotatable bonds is 3. The van der Waals surface area contributed by atoms with Crippen LogP contribution in [0.1, 0.15) is 29.6 Å². The minimum absolute atomic E-state index is 0.124. The average molecular weight is 350 g/mol. The van der Waals surface area contributed by atoms with Gasteiger partial charge in [-0.3, -0.25) is 4.98 Å². The van der Waals surface area contributed by atoms with Gasteiger partial charge in [0.15, 0.2) is 11.5 Å². The van der Waals surface area contributed by atoms with Gasteiger partial charge >= 0.3 is 0 Å². The van der Waals surface area contributed by atoms with Crippen molar-refractivity contribution in [3.05, 3.63) is 53.9 Å². The monoisotopic (exact) mass is 350 g/mol. The number of halogens is 1. The zero-order valence-electron chi connectivity index (χ0n) is 13.9. The number of anilines is 1. The zero-order valence-corrected chi connectivity index (χ0v) is 13.9. The number of hydrogen-bond donors (Lipinski definition) is 1. The third-order valence-electron chi connectivity index (χ3n) is 4.80. The van der Waals surface area contributed by atoms with E-state index in [9.17, 15) is 4.39 Å². The second kappa shape index (κ2) is 5.35. The van der Waals surface area contributed by atoms with Crippen LogP contribution < -0.4 is 10.5 Å². The SMILES string of the molecule is COc1cccc2c1nc(N)n1nc(C3CC3c3cncc(F)c3)nc21. The molecule has 130 valence electrons. The van der Waals surface area contributed by atoms with Gasteiger partial charge in [0.2, 0.25) is 5.95 Å². The standard InChI is InChI=1S/C18H15FN6O/c1-26-14-4-2-3-11-15(14)22-18(20)25-17(11)23-16(24-25)13-6-12(13)9-5-10(19)8-21-7-9/h2-5,7-8,12-13H,6H2,1H3,(H2,20,22). The molecule has 5 rings (SSSR count). The minimum Gasteiger partial charge on any atom is -0.494 e. The van der Waals surface area contributed by atoms with Crippen LogP contribution in [0.5, 0.6) is 5.75 Å². The third kappa shape index (κ3) is 2.18. The highest BCUT2D eigenvalue weighted by molar-refractivity contribution is 5.95. The number of fused-ring (bicyclic) bond motifs is 3. The fourth-order valence-corrected chi connectivity index (χ4v) is 3.44. The first-order valence-corrected chi connectivity index (χ1v) is 8.25. The van der Waals surface area contributed by atoms with E-state index in [-0.39, 0.29) is 23.6 Å². The van der Waals surface area contributed by atoms with E-state index in [2.05, 4.69) is 15.1 Å². The summed E-state index contributed by atoms with van der Waals surface area (Å²) in [5.74, 6) is 1.53. The lowest BCUT2D eigenvalue weighted by atomic mass is 10.1. The van der Waals surface area contributed by atoms with E-state index in [0.717, 1.165) is 17.4 Å². The van der Waals surface area contributed by atoms with E-state index in [1.165, 1.54) is 12.3 Å². The molecule has 1 fully saturated rings. The molecule has 0 saturated heterocycles. The van der Waals surface area contributed by atoms with Gasteiger partial charge in [-0.05, 0) is 36.1 Å². The molecular formula is C18H15FN6O. The number of pyridine rings is 1. The van der Waals surface area contributed by atoms with Crippen molar-refractivity contribution in [2.75, 3.05) is 12.8 Å². The van der Waals surface area contributed by atoms with Gasteiger partial charge in [0.25, 0.3) is 0 Å². The highest BCUT2D eigenvalue weighted by Crippen LogP contribution is 2.53. The van der Waals surface area contributed by atoms with E-state index in [1.54, 1.807) is 17.8 Å². The molecule has 0 bridgehead atoms. The Kier molecular flexibility index (Phi) is 3.09. The summed E-state index contributed by atoms with van der Waals surface area (Å²) in [6.45, 7) is 0. The van der Waals surface area contributed by atoms with Gasteiger partial charge in [-0.2, -0.15) is 4.52 Å². The minimum atomic E-state index is -0.331. The van der Waals surface area contributed by atoms with Crippen molar-refractivity contribution < 1.29 is 9.13 Å². The van der Waals surface area contributed by atoms with Crippen LogP contribution in [0, 0.1) is 5.82 Å². The van der Waals surface area contributed by atoms with Crippen LogP contribution in [0.2, 0.25) is 0 Å². The Bertz CT molecular complexity index is 1160. The molecule has 8 heteroatoms. The molecule has 2 unspecified atom stereocenters. The number of ether oxygens (including phenoxy) is 1. The molecule has 4 aromatic rings. The van der Waals surface area contributed by atoms with Crippen molar-refractivity contribution in [3.8, 4) is 5.75 Å². The summed E-state index contributed by atoms with van der Waals surface area (Å²) in [4.78, 5) is 13.0. The fourth-order valence-electron chi connectivity index (χ4n) is 3.44. The maximum absolute atomic E-state index is 13.4. The van der Waals surface area contributed by atoms with Gasteiger partial charge in [-0.25, -0.2) is 14.4 Å². The molecule has 2 N–H and O–H groups in total.